The van der Waals surface area contributed by atoms with Gasteiger partial charge < -0.3 is 4.90 Å². The molecule has 0 spiro atoms. The maximum Gasteiger partial charge on any atom is 0.222 e. The van der Waals surface area contributed by atoms with Crippen LogP contribution in [0.1, 0.15) is 25.1 Å². The second-order valence-corrected chi connectivity index (χ2v) is 5.60. The van der Waals surface area contributed by atoms with Gasteiger partial charge in [0.2, 0.25) is 5.91 Å². The molecule has 0 unspecified atom stereocenters. The standard InChI is InChI=1S/C12H12ClN3OS/c13-11-8-4-6-18-12(8)15-9(14-11)7-16-5-2-1-3-10(16)17/h4,6H,1-3,5,7H2. The summed E-state index contributed by atoms with van der Waals surface area (Å²) in [6.45, 7) is 1.26. The lowest BCUT2D eigenvalue weighted by molar-refractivity contribution is -0.134. The molecule has 1 fully saturated rings. The molecule has 0 bridgehead atoms. The van der Waals surface area contributed by atoms with Crippen LogP contribution in [-0.4, -0.2) is 27.3 Å². The Morgan fingerprint density at radius 3 is 3.11 bits per heavy atom. The van der Waals surface area contributed by atoms with Crippen LogP contribution in [0.2, 0.25) is 5.15 Å². The van der Waals surface area contributed by atoms with Crippen molar-refractivity contribution < 1.29 is 4.79 Å². The zero-order valence-corrected chi connectivity index (χ0v) is 11.3. The lowest BCUT2D eigenvalue weighted by Gasteiger charge is -2.25. The third-order valence-electron chi connectivity index (χ3n) is 3.08. The topological polar surface area (TPSA) is 46.1 Å². The number of fused-ring (bicyclic) bond motifs is 1. The van der Waals surface area contributed by atoms with Crippen molar-refractivity contribution in [2.75, 3.05) is 6.54 Å². The molecule has 0 atom stereocenters. The normalized spacial score (nSPS) is 16.5. The highest BCUT2D eigenvalue weighted by molar-refractivity contribution is 7.16. The molecule has 3 heterocycles. The van der Waals surface area contributed by atoms with Crippen LogP contribution in [0.3, 0.4) is 0 Å². The van der Waals surface area contributed by atoms with Gasteiger partial charge in [0, 0.05) is 18.4 Å². The van der Waals surface area contributed by atoms with E-state index < -0.39 is 0 Å². The van der Waals surface area contributed by atoms with E-state index in [0.29, 0.717) is 23.9 Å². The van der Waals surface area contributed by atoms with Crippen molar-refractivity contribution in [1.82, 2.24) is 14.9 Å². The molecule has 1 aliphatic heterocycles. The zero-order valence-electron chi connectivity index (χ0n) is 9.73. The highest BCUT2D eigenvalue weighted by Crippen LogP contribution is 2.25. The van der Waals surface area contributed by atoms with Gasteiger partial charge in [-0.2, -0.15) is 0 Å². The molecule has 4 nitrogen and oxygen atoms in total. The molecule has 0 N–H and O–H groups in total. The highest BCUT2D eigenvalue weighted by Gasteiger charge is 2.19. The van der Waals surface area contributed by atoms with E-state index in [1.54, 1.807) is 0 Å². The fourth-order valence-corrected chi connectivity index (χ4v) is 3.22. The van der Waals surface area contributed by atoms with Crippen molar-refractivity contribution in [3.63, 3.8) is 0 Å². The molecular weight excluding hydrogens is 270 g/mol. The van der Waals surface area contributed by atoms with Gasteiger partial charge in [-0.1, -0.05) is 11.6 Å². The number of hydrogen-bond acceptors (Lipinski definition) is 4. The van der Waals surface area contributed by atoms with E-state index in [1.165, 1.54) is 11.3 Å². The number of halogens is 1. The predicted octanol–water partition coefficient (Wildman–Crippen LogP) is 2.86. The molecule has 3 rings (SSSR count). The summed E-state index contributed by atoms with van der Waals surface area (Å²) >= 11 is 7.65. The van der Waals surface area contributed by atoms with Crippen LogP contribution < -0.4 is 0 Å². The van der Waals surface area contributed by atoms with E-state index >= 15 is 0 Å². The predicted molar refractivity (Wildman–Crippen MR) is 71.7 cm³/mol. The maximum atomic E-state index is 11.7. The molecule has 0 radical (unpaired) electrons. The highest BCUT2D eigenvalue weighted by atomic mass is 35.5. The van der Waals surface area contributed by atoms with Crippen molar-refractivity contribution in [2.45, 2.75) is 25.8 Å². The average molecular weight is 282 g/mol. The SMILES string of the molecule is O=C1CCCCN1Cc1nc(Cl)c2ccsc2n1. The Morgan fingerprint density at radius 1 is 1.39 bits per heavy atom. The molecule has 1 saturated heterocycles. The zero-order chi connectivity index (χ0) is 12.5. The quantitative estimate of drug-likeness (QED) is 0.795. The number of hydrogen-bond donors (Lipinski definition) is 0. The van der Waals surface area contributed by atoms with E-state index in [2.05, 4.69) is 9.97 Å². The number of aromatic nitrogens is 2. The average Bonchev–Trinajstić information content (AvgIpc) is 2.81. The molecule has 0 aromatic carbocycles. The second kappa shape index (κ2) is 4.82. The molecule has 94 valence electrons. The monoisotopic (exact) mass is 281 g/mol. The molecule has 2 aromatic rings. The number of carbonyl (C=O) groups is 1. The Morgan fingerprint density at radius 2 is 2.28 bits per heavy atom. The van der Waals surface area contributed by atoms with Gasteiger partial charge in [0.1, 0.15) is 9.98 Å². The maximum absolute atomic E-state index is 11.7. The minimum absolute atomic E-state index is 0.187. The largest absolute Gasteiger partial charge is 0.335 e. The van der Waals surface area contributed by atoms with E-state index in [-0.39, 0.29) is 5.91 Å². The second-order valence-electron chi connectivity index (χ2n) is 4.34. The smallest absolute Gasteiger partial charge is 0.222 e. The number of nitrogens with zero attached hydrogens (tertiary/aromatic N) is 3. The lowest BCUT2D eigenvalue weighted by Crippen LogP contribution is -2.35. The molecule has 2 aromatic heterocycles. The van der Waals surface area contributed by atoms with Crippen LogP contribution in [-0.2, 0) is 11.3 Å². The van der Waals surface area contributed by atoms with Gasteiger partial charge in [0.05, 0.1) is 6.54 Å². The summed E-state index contributed by atoms with van der Waals surface area (Å²) in [5.41, 5.74) is 0. The fourth-order valence-electron chi connectivity index (χ4n) is 2.13. The lowest BCUT2D eigenvalue weighted by atomic mass is 10.1. The fraction of sp³-hybridized carbons (Fsp3) is 0.417. The Labute approximate surface area is 114 Å². The van der Waals surface area contributed by atoms with Crippen molar-refractivity contribution in [3.05, 3.63) is 22.4 Å². The number of thiophene rings is 1. The van der Waals surface area contributed by atoms with Crippen LogP contribution >= 0.6 is 22.9 Å². The van der Waals surface area contributed by atoms with E-state index in [0.717, 1.165) is 29.6 Å². The Hall–Kier alpha value is -1.20. The Balaban J connectivity index is 1.87. The number of amides is 1. The minimum Gasteiger partial charge on any atom is -0.335 e. The molecule has 0 saturated carbocycles. The van der Waals surface area contributed by atoms with Gasteiger partial charge in [-0.05, 0) is 24.3 Å². The summed E-state index contributed by atoms with van der Waals surface area (Å²) in [4.78, 5) is 23.2. The van der Waals surface area contributed by atoms with Crippen LogP contribution in [0, 0.1) is 0 Å². The van der Waals surface area contributed by atoms with Crippen molar-refractivity contribution in [3.8, 4) is 0 Å². The summed E-state index contributed by atoms with van der Waals surface area (Å²) in [6.07, 6.45) is 2.68. The van der Waals surface area contributed by atoms with Gasteiger partial charge >= 0.3 is 0 Å². The molecule has 18 heavy (non-hydrogen) atoms. The summed E-state index contributed by atoms with van der Waals surface area (Å²) in [7, 11) is 0. The molecule has 6 heteroatoms. The number of piperidine rings is 1. The van der Waals surface area contributed by atoms with Gasteiger partial charge in [0.15, 0.2) is 5.82 Å². The van der Waals surface area contributed by atoms with E-state index in [9.17, 15) is 4.79 Å². The van der Waals surface area contributed by atoms with Crippen molar-refractivity contribution in [2.24, 2.45) is 0 Å². The minimum atomic E-state index is 0.187. The van der Waals surface area contributed by atoms with E-state index in [1.807, 2.05) is 16.3 Å². The van der Waals surface area contributed by atoms with Crippen molar-refractivity contribution >= 4 is 39.1 Å². The summed E-state index contributed by atoms with van der Waals surface area (Å²) < 4.78 is 0. The van der Waals surface area contributed by atoms with Gasteiger partial charge in [-0.3, -0.25) is 4.79 Å². The summed E-state index contributed by atoms with van der Waals surface area (Å²) in [5.74, 6) is 0.817. The number of likely N-dealkylation sites (tertiary alicyclic amines) is 1. The molecular formula is C12H12ClN3OS. The van der Waals surface area contributed by atoms with E-state index in [4.69, 9.17) is 11.6 Å². The van der Waals surface area contributed by atoms with Crippen LogP contribution in [0.25, 0.3) is 10.2 Å². The first-order valence-corrected chi connectivity index (χ1v) is 7.17. The van der Waals surface area contributed by atoms with Crippen LogP contribution in [0.4, 0.5) is 0 Å². The third-order valence-corrected chi connectivity index (χ3v) is 4.17. The van der Waals surface area contributed by atoms with Crippen molar-refractivity contribution in [1.29, 1.82) is 0 Å². The van der Waals surface area contributed by atoms with Crippen LogP contribution in [0.5, 0.6) is 0 Å². The van der Waals surface area contributed by atoms with Crippen LogP contribution in [0.15, 0.2) is 11.4 Å². The Bertz CT molecular complexity index is 598. The number of carbonyl (C=O) groups excluding carboxylic acids is 1. The molecule has 1 aliphatic rings. The summed E-state index contributed by atoms with van der Waals surface area (Å²) in [5, 5.41) is 3.30. The first-order valence-electron chi connectivity index (χ1n) is 5.91. The third kappa shape index (κ3) is 2.20. The Kier molecular flexibility index (Phi) is 3.18. The first kappa shape index (κ1) is 11.9. The molecule has 1 amide bonds. The van der Waals surface area contributed by atoms with Gasteiger partial charge in [0.25, 0.3) is 0 Å². The van der Waals surface area contributed by atoms with Gasteiger partial charge in [-0.25, -0.2) is 9.97 Å². The number of rotatable bonds is 2. The summed E-state index contributed by atoms with van der Waals surface area (Å²) in [6, 6.07) is 1.91. The first-order chi connectivity index (χ1) is 8.74. The van der Waals surface area contributed by atoms with Gasteiger partial charge in [-0.15, -0.1) is 11.3 Å². The molecule has 0 aliphatic carbocycles.